The highest BCUT2D eigenvalue weighted by Crippen LogP contribution is 2.09. The van der Waals surface area contributed by atoms with E-state index in [1.165, 1.54) is 10.6 Å². The summed E-state index contributed by atoms with van der Waals surface area (Å²) in [7, 11) is -1.04. The summed E-state index contributed by atoms with van der Waals surface area (Å²) in [5.41, 5.74) is 0. The number of ether oxygens (including phenoxy) is 1. The van der Waals surface area contributed by atoms with Gasteiger partial charge in [0.05, 0.1) is 12.9 Å². The summed E-state index contributed by atoms with van der Waals surface area (Å²) in [5.74, 6) is 0.0530. The molecule has 140 valence electrons. The first-order valence-electron chi connectivity index (χ1n) is 8.50. The molecule has 2 fully saturated rings. The molecule has 8 nitrogen and oxygen atoms in total. The molecule has 0 spiro atoms. The molecular weight excluding hydrogens is 332 g/mol. The molecule has 0 bridgehead atoms. The van der Waals surface area contributed by atoms with Crippen LogP contribution in [0.1, 0.15) is 6.92 Å². The van der Waals surface area contributed by atoms with Crippen LogP contribution < -0.4 is 0 Å². The van der Waals surface area contributed by atoms with Crippen LogP contribution in [0.25, 0.3) is 0 Å². The number of rotatable bonds is 6. The molecule has 0 radical (unpaired) electrons. The Morgan fingerprint density at radius 1 is 1.04 bits per heavy atom. The molecule has 0 aromatic rings. The summed E-state index contributed by atoms with van der Waals surface area (Å²) >= 11 is 0. The number of hydrogen-bond acceptors (Lipinski definition) is 6. The Hall–Kier alpha value is -0.740. The van der Waals surface area contributed by atoms with Gasteiger partial charge in [0.1, 0.15) is 6.61 Å². The average Bonchev–Trinajstić information content (AvgIpc) is 2.54. The zero-order valence-electron chi connectivity index (χ0n) is 15.0. The lowest BCUT2D eigenvalue weighted by molar-refractivity contribution is -0.138. The number of carbonyl (C=O) groups excluding carboxylic acids is 1. The number of piperazine rings is 2. The van der Waals surface area contributed by atoms with Crippen molar-refractivity contribution in [1.82, 2.24) is 19.0 Å². The molecule has 1 amide bonds. The molecule has 0 aromatic carbocycles. The van der Waals surface area contributed by atoms with Gasteiger partial charge in [-0.25, -0.2) is 8.42 Å². The maximum atomic E-state index is 12.1. The Labute approximate surface area is 145 Å². The molecule has 2 heterocycles. The van der Waals surface area contributed by atoms with Gasteiger partial charge in [-0.3, -0.25) is 9.69 Å². The summed E-state index contributed by atoms with van der Waals surface area (Å²) in [4.78, 5) is 18.4. The Morgan fingerprint density at radius 2 is 1.62 bits per heavy atom. The third-order valence-corrected chi connectivity index (χ3v) is 6.11. The SMILES string of the molecule is CC(COCC(=O)N1CCN(C)CC1)N1CCN(S(C)(=O)=O)CC1. The van der Waals surface area contributed by atoms with E-state index in [1.54, 1.807) is 0 Å². The number of carbonyl (C=O) groups is 1. The van der Waals surface area contributed by atoms with Crippen molar-refractivity contribution in [2.24, 2.45) is 0 Å². The third-order valence-electron chi connectivity index (χ3n) is 4.81. The van der Waals surface area contributed by atoms with Gasteiger partial charge in [-0.05, 0) is 14.0 Å². The second-order valence-corrected chi connectivity index (χ2v) is 8.73. The van der Waals surface area contributed by atoms with Crippen molar-refractivity contribution in [2.75, 3.05) is 78.9 Å². The molecule has 0 aliphatic carbocycles. The minimum atomic E-state index is -3.10. The van der Waals surface area contributed by atoms with E-state index in [-0.39, 0.29) is 18.6 Å². The van der Waals surface area contributed by atoms with Crippen molar-refractivity contribution in [3.63, 3.8) is 0 Å². The van der Waals surface area contributed by atoms with Gasteiger partial charge in [-0.1, -0.05) is 0 Å². The largest absolute Gasteiger partial charge is 0.370 e. The number of sulfonamides is 1. The van der Waals surface area contributed by atoms with Crippen LogP contribution in [0.2, 0.25) is 0 Å². The molecule has 2 saturated heterocycles. The molecule has 0 N–H and O–H groups in total. The van der Waals surface area contributed by atoms with E-state index in [0.717, 1.165) is 26.2 Å². The standard InChI is InChI=1S/C15H30N4O4S/c1-14(17-8-10-19(11-9-17)24(3,21)22)12-23-13-15(20)18-6-4-16(2)5-7-18/h14H,4-13H2,1-3H3. The zero-order valence-corrected chi connectivity index (χ0v) is 15.8. The highest BCUT2D eigenvalue weighted by molar-refractivity contribution is 7.88. The van der Waals surface area contributed by atoms with Crippen molar-refractivity contribution < 1.29 is 17.9 Å². The highest BCUT2D eigenvalue weighted by atomic mass is 32.2. The number of likely N-dealkylation sites (N-methyl/N-ethyl adjacent to an activating group) is 1. The molecule has 1 unspecified atom stereocenters. The van der Waals surface area contributed by atoms with E-state index < -0.39 is 10.0 Å². The van der Waals surface area contributed by atoms with Gasteiger partial charge in [0.15, 0.2) is 0 Å². The Bertz CT molecular complexity index is 512. The van der Waals surface area contributed by atoms with Gasteiger partial charge in [0.2, 0.25) is 15.9 Å². The first-order chi connectivity index (χ1) is 11.3. The van der Waals surface area contributed by atoms with Crippen LogP contribution in [0.3, 0.4) is 0 Å². The van der Waals surface area contributed by atoms with E-state index in [1.807, 2.05) is 4.90 Å². The normalized spacial score (nSPS) is 23.4. The second kappa shape index (κ2) is 8.57. The van der Waals surface area contributed by atoms with Gasteiger partial charge in [-0.2, -0.15) is 4.31 Å². The minimum Gasteiger partial charge on any atom is -0.370 e. The average molecular weight is 362 g/mol. The van der Waals surface area contributed by atoms with Crippen LogP contribution in [-0.4, -0.2) is 118 Å². The van der Waals surface area contributed by atoms with E-state index in [4.69, 9.17) is 4.74 Å². The Kier molecular flexibility index (Phi) is 6.99. The van der Waals surface area contributed by atoms with Gasteiger partial charge >= 0.3 is 0 Å². The van der Waals surface area contributed by atoms with Crippen molar-refractivity contribution in [2.45, 2.75) is 13.0 Å². The van der Waals surface area contributed by atoms with Crippen LogP contribution >= 0.6 is 0 Å². The molecule has 2 rings (SSSR count). The Morgan fingerprint density at radius 3 is 2.17 bits per heavy atom. The number of hydrogen-bond donors (Lipinski definition) is 0. The van der Waals surface area contributed by atoms with Crippen LogP contribution in [0, 0.1) is 0 Å². The first kappa shape index (κ1) is 19.6. The minimum absolute atomic E-state index is 0.0530. The maximum absolute atomic E-state index is 12.1. The van der Waals surface area contributed by atoms with Gasteiger partial charge in [-0.15, -0.1) is 0 Å². The molecule has 2 aliphatic heterocycles. The summed E-state index contributed by atoms with van der Waals surface area (Å²) in [6, 6.07) is 0.173. The lowest BCUT2D eigenvalue weighted by Gasteiger charge is -2.37. The number of nitrogens with zero attached hydrogens (tertiary/aromatic N) is 4. The fraction of sp³-hybridized carbons (Fsp3) is 0.933. The summed E-state index contributed by atoms with van der Waals surface area (Å²) in [6.07, 6.45) is 1.25. The van der Waals surface area contributed by atoms with Gasteiger partial charge < -0.3 is 14.5 Å². The van der Waals surface area contributed by atoms with Crippen LogP contribution in [-0.2, 0) is 19.6 Å². The lowest BCUT2D eigenvalue weighted by atomic mass is 10.2. The zero-order chi connectivity index (χ0) is 17.7. The van der Waals surface area contributed by atoms with Crippen molar-refractivity contribution in [3.05, 3.63) is 0 Å². The van der Waals surface area contributed by atoms with Crippen LogP contribution in [0.5, 0.6) is 0 Å². The van der Waals surface area contributed by atoms with E-state index in [2.05, 4.69) is 23.8 Å². The van der Waals surface area contributed by atoms with Crippen molar-refractivity contribution >= 4 is 15.9 Å². The van der Waals surface area contributed by atoms with E-state index in [9.17, 15) is 13.2 Å². The molecule has 1 atom stereocenters. The van der Waals surface area contributed by atoms with Gasteiger partial charge in [0, 0.05) is 58.4 Å². The summed E-state index contributed by atoms with van der Waals surface area (Å²) in [6.45, 7) is 8.44. The lowest BCUT2D eigenvalue weighted by Crippen LogP contribution is -2.52. The molecular formula is C15H30N4O4S. The Balaban J connectivity index is 1.65. The predicted octanol–water partition coefficient (Wildman–Crippen LogP) is -1.26. The van der Waals surface area contributed by atoms with E-state index >= 15 is 0 Å². The quantitative estimate of drug-likeness (QED) is 0.587. The molecule has 24 heavy (non-hydrogen) atoms. The summed E-state index contributed by atoms with van der Waals surface area (Å²) in [5, 5.41) is 0. The molecule has 0 aromatic heterocycles. The predicted molar refractivity (Wildman–Crippen MR) is 92.3 cm³/mol. The summed E-state index contributed by atoms with van der Waals surface area (Å²) < 4.78 is 30.2. The smallest absolute Gasteiger partial charge is 0.248 e. The first-order valence-corrected chi connectivity index (χ1v) is 10.4. The fourth-order valence-electron chi connectivity index (χ4n) is 3.05. The third kappa shape index (κ3) is 5.66. The number of amides is 1. The second-order valence-electron chi connectivity index (χ2n) is 6.75. The molecule has 2 aliphatic rings. The molecule has 0 saturated carbocycles. The van der Waals surface area contributed by atoms with Crippen molar-refractivity contribution in [1.29, 1.82) is 0 Å². The fourth-order valence-corrected chi connectivity index (χ4v) is 3.87. The highest BCUT2D eigenvalue weighted by Gasteiger charge is 2.26. The van der Waals surface area contributed by atoms with Crippen molar-refractivity contribution in [3.8, 4) is 0 Å². The van der Waals surface area contributed by atoms with Crippen LogP contribution in [0.4, 0.5) is 0 Å². The van der Waals surface area contributed by atoms with E-state index in [0.29, 0.717) is 32.8 Å². The molecule has 9 heteroatoms. The monoisotopic (exact) mass is 362 g/mol. The maximum Gasteiger partial charge on any atom is 0.248 e. The van der Waals surface area contributed by atoms with Gasteiger partial charge in [0.25, 0.3) is 0 Å². The van der Waals surface area contributed by atoms with Crippen LogP contribution in [0.15, 0.2) is 0 Å². The topological polar surface area (TPSA) is 73.4 Å².